The molecule has 1 unspecified atom stereocenters. The third kappa shape index (κ3) is 3.84. The van der Waals surface area contributed by atoms with Crippen molar-refractivity contribution < 1.29 is 14.6 Å². The third-order valence-electron chi connectivity index (χ3n) is 2.80. The molecule has 2 heterocycles. The summed E-state index contributed by atoms with van der Waals surface area (Å²) >= 11 is 2.41. The largest absolute Gasteiger partial charge is 0.481 e. The second-order valence-electron chi connectivity index (χ2n) is 4.69. The summed E-state index contributed by atoms with van der Waals surface area (Å²) in [5.74, 6) is -0.923. The number of aliphatic carboxylic acids is 1. The Kier molecular flexibility index (Phi) is 5.38. The lowest BCUT2D eigenvalue weighted by Crippen LogP contribution is -2.27. The fraction of sp³-hybridized carbons (Fsp3) is 0.462. The predicted molar refractivity (Wildman–Crippen MR) is 83.3 cm³/mol. The zero-order chi connectivity index (χ0) is 15.4. The van der Waals surface area contributed by atoms with E-state index in [0.717, 1.165) is 11.8 Å². The van der Waals surface area contributed by atoms with Gasteiger partial charge in [0.1, 0.15) is 4.70 Å². The Hall–Kier alpha value is -1.38. The number of rotatable bonds is 7. The van der Waals surface area contributed by atoms with Crippen LogP contribution >= 0.6 is 23.1 Å². The molecule has 6 nitrogen and oxygen atoms in total. The molecule has 21 heavy (non-hydrogen) atoms. The number of carboxylic acids is 1. The Balaban J connectivity index is 2.41. The van der Waals surface area contributed by atoms with Crippen LogP contribution in [0.5, 0.6) is 0 Å². The van der Waals surface area contributed by atoms with Crippen molar-refractivity contribution in [2.45, 2.75) is 18.6 Å². The van der Waals surface area contributed by atoms with Crippen molar-refractivity contribution in [1.82, 2.24) is 9.55 Å². The van der Waals surface area contributed by atoms with E-state index in [1.165, 1.54) is 11.3 Å². The standard InChI is InChI=1S/C13H16N2O4S2/c1-8(6-19-2)5-15-12(18)11-9(3-4-20-11)14-13(15)21-7-10(16)17/h3-4,8H,5-7H2,1-2H3,(H,16,17). The van der Waals surface area contributed by atoms with Crippen LogP contribution in [0.15, 0.2) is 21.4 Å². The minimum absolute atomic E-state index is 0.120. The lowest BCUT2D eigenvalue weighted by Gasteiger charge is -2.15. The fourth-order valence-electron chi connectivity index (χ4n) is 1.97. The van der Waals surface area contributed by atoms with Crippen molar-refractivity contribution in [3.63, 3.8) is 0 Å². The maximum Gasteiger partial charge on any atom is 0.313 e. The molecule has 0 bridgehead atoms. The molecule has 0 aliphatic heterocycles. The predicted octanol–water partition coefficient (Wildman–Crippen LogP) is 1.92. The van der Waals surface area contributed by atoms with Gasteiger partial charge >= 0.3 is 5.97 Å². The first-order valence-electron chi connectivity index (χ1n) is 6.34. The fourth-order valence-corrected chi connectivity index (χ4v) is 3.48. The van der Waals surface area contributed by atoms with Gasteiger partial charge in [0.2, 0.25) is 0 Å². The molecule has 0 saturated carbocycles. The van der Waals surface area contributed by atoms with Crippen LogP contribution in [-0.4, -0.2) is 40.1 Å². The quantitative estimate of drug-likeness (QED) is 0.618. The second kappa shape index (κ2) is 7.06. The molecule has 0 radical (unpaired) electrons. The Morgan fingerprint density at radius 3 is 3.05 bits per heavy atom. The minimum atomic E-state index is -0.934. The van der Waals surface area contributed by atoms with E-state index in [1.807, 2.05) is 12.3 Å². The number of carboxylic acid groups (broad SMARTS) is 1. The van der Waals surface area contributed by atoms with Crippen molar-refractivity contribution in [2.24, 2.45) is 5.92 Å². The highest BCUT2D eigenvalue weighted by Gasteiger charge is 2.15. The monoisotopic (exact) mass is 328 g/mol. The van der Waals surface area contributed by atoms with Gasteiger partial charge in [0, 0.05) is 13.7 Å². The Bertz CT molecular complexity index is 695. The Morgan fingerprint density at radius 1 is 1.62 bits per heavy atom. The first-order chi connectivity index (χ1) is 10.0. The van der Waals surface area contributed by atoms with Gasteiger partial charge in [-0.05, 0) is 17.4 Å². The molecule has 0 fully saturated rings. The van der Waals surface area contributed by atoms with Crippen molar-refractivity contribution in [3.8, 4) is 0 Å². The summed E-state index contributed by atoms with van der Waals surface area (Å²) in [6.07, 6.45) is 0. The molecule has 0 aromatic carbocycles. The van der Waals surface area contributed by atoms with Gasteiger partial charge in [-0.2, -0.15) is 0 Å². The molecule has 0 amide bonds. The van der Waals surface area contributed by atoms with Crippen molar-refractivity contribution in [2.75, 3.05) is 19.5 Å². The number of hydrogen-bond donors (Lipinski definition) is 1. The van der Waals surface area contributed by atoms with Crippen LogP contribution in [0.2, 0.25) is 0 Å². The van der Waals surface area contributed by atoms with E-state index in [9.17, 15) is 9.59 Å². The highest BCUT2D eigenvalue weighted by Crippen LogP contribution is 2.21. The van der Waals surface area contributed by atoms with Crippen LogP contribution in [0.25, 0.3) is 10.2 Å². The summed E-state index contributed by atoms with van der Waals surface area (Å²) in [4.78, 5) is 27.7. The van der Waals surface area contributed by atoms with Crippen LogP contribution in [0, 0.1) is 5.92 Å². The van der Waals surface area contributed by atoms with E-state index in [4.69, 9.17) is 9.84 Å². The minimum Gasteiger partial charge on any atom is -0.481 e. The zero-order valence-electron chi connectivity index (χ0n) is 11.7. The maximum absolute atomic E-state index is 12.5. The number of methoxy groups -OCH3 is 1. The average Bonchev–Trinajstić information content (AvgIpc) is 2.88. The second-order valence-corrected chi connectivity index (χ2v) is 6.55. The van der Waals surface area contributed by atoms with Gasteiger partial charge in [0.15, 0.2) is 5.16 Å². The SMILES string of the molecule is COCC(C)Cn1c(SCC(=O)O)nc2ccsc2c1=O. The molecule has 2 aromatic rings. The topological polar surface area (TPSA) is 81.4 Å². The van der Waals surface area contributed by atoms with E-state index in [2.05, 4.69) is 4.98 Å². The third-order valence-corrected chi connectivity index (χ3v) is 4.65. The van der Waals surface area contributed by atoms with Gasteiger partial charge in [0.25, 0.3) is 5.56 Å². The van der Waals surface area contributed by atoms with Gasteiger partial charge in [0.05, 0.1) is 17.9 Å². The smallest absolute Gasteiger partial charge is 0.313 e. The zero-order valence-corrected chi connectivity index (χ0v) is 13.4. The molecule has 0 aliphatic carbocycles. The van der Waals surface area contributed by atoms with Crippen molar-refractivity contribution in [1.29, 1.82) is 0 Å². The van der Waals surface area contributed by atoms with E-state index >= 15 is 0 Å². The number of carbonyl (C=O) groups is 1. The van der Waals surface area contributed by atoms with Gasteiger partial charge in [-0.1, -0.05) is 18.7 Å². The van der Waals surface area contributed by atoms with Gasteiger partial charge in [-0.25, -0.2) is 4.98 Å². The van der Waals surface area contributed by atoms with Gasteiger partial charge in [-0.15, -0.1) is 11.3 Å². The molecule has 8 heteroatoms. The average molecular weight is 328 g/mol. The van der Waals surface area contributed by atoms with Crippen LogP contribution in [0.3, 0.4) is 0 Å². The molecule has 1 N–H and O–H groups in total. The Labute approximate surface area is 129 Å². The molecule has 0 aliphatic rings. The highest BCUT2D eigenvalue weighted by atomic mass is 32.2. The summed E-state index contributed by atoms with van der Waals surface area (Å²) in [7, 11) is 1.61. The number of fused-ring (bicyclic) bond motifs is 1. The molecule has 0 saturated heterocycles. The van der Waals surface area contributed by atoms with E-state index in [1.54, 1.807) is 17.7 Å². The molecule has 2 aromatic heterocycles. The normalized spacial score (nSPS) is 12.7. The lowest BCUT2D eigenvalue weighted by molar-refractivity contribution is -0.133. The molecule has 114 valence electrons. The van der Waals surface area contributed by atoms with E-state index in [-0.39, 0.29) is 17.2 Å². The van der Waals surface area contributed by atoms with Crippen LogP contribution < -0.4 is 5.56 Å². The van der Waals surface area contributed by atoms with Crippen molar-refractivity contribution in [3.05, 3.63) is 21.8 Å². The van der Waals surface area contributed by atoms with Gasteiger partial charge in [-0.3, -0.25) is 14.2 Å². The number of aromatic nitrogens is 2. The number of nitrogens with zero attached hydrogens (tertiary/aromatic N) is 2. The molecule has 2 rings (SSSR count). The highest BCUT2D eigenvalue weighted by molar-refractivity contribution is 7.99. The number of hydrogen-bond acceptors (Lipinski definition) is 6. The summed E-state index contributed by atoms with van der Waals surface area (Å²) in [5, 5.41) is 11.1. The first-order valence-corrected chi connectivity index (χ1v) is 8.21. The summed E-state index contributed by atoms with van der Waals surface area (Å²) in [6, 6.07) is 1.77. The maximum atomic E-state index is 12.5. The summed E-state index contributed by atoms with van der Waals surface area (Å²) in [5.41, 5.74) is 0.499. The summed E-state index contributed by atoms with van der Waals surface area (Å²) < 4.78 is 7.24. The molecular weight excluding hydrogens is 312 g/mol. The summed E-state index contributed by atoms with van der Waals surface area (Å²) in [6.45, 7) is 2.95. The lowest BCUT2D eigenvalue weighted by atomic mass is 10.2. The van der Waals surface area contributed by atoms with E-state index in [0.29, 0.717) is 28.5 Å². The van der Waals surface area contributed by atoms with Crippen molar-refractivity contribution >= 4 is 39.3 Å². The number of thioether (sulfide) groups is 1. The van der Waals surface area contributed by atoms with Gasteiger partial charge < -0.3 is 9.84 Å². The molecule has 0 spiro atoms. The van der Waals surface area contributed by atoms with Crippen LogP contribution in [0.1, 0.15) is 6.92 Å². The Morgan fingerprint density at radius 2 is 2.38 bits per heavy atom. The number of ether oxygens (including phenoxy) is 1. The van der Waals surface area contributed by atoms with E-state index < -0.39 is 5.97 Å². The number of thiophene rings is 1. The molecule has 1 atom stereocenters. The first kappa shape index (κ1) is 16.0. The van der Waals surface area contributed by atoms with Crippen LogP contribution in [0.4, 0.5) is 0 Å². The molecular formula is C13H16N2O4S2. The van der Waals surface area contributed by atoms with Crippen LogP contribution in [-0.2, 0) is 16.1 Å².